The van der Waals surface area contributed by atoms with E-state index in [0.29, 0.717) is 15.2 Å². The van der Waals surface area contributed by atoms with Crippen molar-refractivity contribution in [1.82, 2.24) is 4.98 Å². The van der Waals surface area contributed by atoms with Crippen LogP contribution in [-0.4, -0.2) is 10.8 Å². The molecule has 1 rings (SSSR count). The highest BCUT2D eigenvalue weighted by Gasteiger charge is 2.03. The average Bonchev–Trinajstić information content (AvgIpc) is 1.85. The van der Waals surface area contributed by atoms with Crippen molar-refractivity contribution in [3.05, 3.63) is 27.5 Å². The van der Waals surface area contributed by atoms with Crippen molar-refractivity contribution in [1.29, 1.82) is 5.41 Å². The summed E-state index contributed by atoms with van der Waals surface area (Å²) >= 11 is 8.80. The van der Waals surface area contributed by atoms with Gasteiger partial charge < -0.3 is 5.73 Å². The van der Waals surface area contributed by atoms with Gasteiger partial charge in [-0.15, -0.1) is 0 Å². The molecule has 0 fully saturated rings. The first-order valence-electron chi connectivity index (χ1n) is 2.76. The number of hydrogen-bond acceptors (Lipinski definition) is 2. The number of nitrogens with zero attached hydrogens (tertiary/aromatic N) is 1. The zero-order valence-electron chi connectivity index (χ0n) is 5.44. The van der Waals surface area contributed by atoms with Gasteiger partial charge in [-0.3, -0.25) is 10.4 Å². The van der Waals surface area contributed by atoms with Crippen LogP contribution >= 0.6 is 27.5 Å². The van der Waals surface area contributed by atoms with Gasteiger partial charge in [-0.1, -0.05) is 11.6 Å². The van der Waals surface area contributed by atoms with Crippen molar-refractivity contribution >= 4 is 33.4 Å². The molecule has 1 heterocycles. The van der Waals surface area contributed by atoms with Crippen LogP contribution < -0.4 is 5.73 Å². The second-order valence-corrected chi connectivity index (χ2v) is 3.19. The molecule has 3 nitrogen and oxygen atoms in total. The van der Waals surface area contributed by atoms with Gasteiger partial charge in [-0.25, -0.2) is 0 Å². The SMILES string of the molecule is N=C(N)c1ncc(Cl)cc1Br. The van der Waals surface area contributed by atoms with Crippen LogP contribution in [0.25, 0.3) is 0 Å². The van der Waals surface area contributed by atoms with E-state index in [2.05, 4.69) is 20.9 Å². The predicted molar refractivity (Wildman–Crippen MR) is 48.0 cm³/mol. The maximum atomic E-state index is 7.09. The predicted octanol–water partition coefficient (Wildman–Crippen LogP) is 1.78. The standard InChI is InChI=1S/C6H5BrClN3/c7-4-1-3(8)2-11-5(4)6(9)10/h1-2H,(H3,9,10). The molecule has 58 valence electrons. The number of aromatic nitrogens is 1. The van der Waals surface area contributed by atoms with Crippen LogP contribution in [-0.2, 0) is 0 Å². The molecule has 0 bridgehead atoms. The fourth-order valence-electron chi connectivity index (χ4n) is 0.613. The van der Waals surface area contributed by atoms with Crippen molar-refractivity contribution in [3.63, 3.8) is 0 Å². The Hall–Kier alpha value is -0.610. The molecule has 0 aliphatic heterocycles. The van der Waals surface area contributed by atoms with E-state index in [4.69, 9.17) is 22.7 Å². The zero-order valence-corrected chi connectivity index (χ0v) is 7.78. The second kappa shape index (κ2) is 3.19. The molecule has 0 saturated heterocycles. The van der Waals surface area contributed by atoms with Gasteiger partial charge in [0.15, 0.2) is 0 Å². The van der Waals surface area contributed by atoms with E-state index in [9.17, 15) is 0 Å². The topological polar surface area (TPSA) is 62.8 Å². The summed E-state index contributed by atoms with van der Waals surface area (Å²) in [5, 5.41) is 7.60. The second-order valence-electron chi connectivity index (χ2n) is 1.90. The molecule has 1 aromatic heterocycles. The summed E-state index contributed by atoms with van der Waals surface area (Å²) in [5.74, 6) is -0.0754. The third-order valence-corrected chi connectivity index (χ3v) is 1.87. The molecule has 0 aromatic carbocycles. The first-order chi connectivity index (χ1) is 5.11. The van der Waals surface area contributed by atoms with Gasteiger partial charge in [0.05, 0.1) is 5.02 Å². The van der Waals surface area contributed by atoms with E-state index in [1.807, 2.05) is 0 Å². The molecule has 0 amide bonds. The van der Waals surface area contributed by atoms with E-state index in [1.54, 1.807) is 6.07 Å². The van der Waals surface area contributed by atoms with Crippen LogP contribution in [0.4, 0.5) is 0 Å². The van der Waals surface area contributed by atoms with Crippen LogP contribution in [0.2, 0.25) is 5.02 Å². The smallest absolute Gasteiger partial charge is 0.142 e. The number of pyridine rings is 1. The zero-order chi connectivity index (χ0) is 8.43. The molecule has 1 aromatic rings. The van der Waals surface area contributed by atoms with Crippen LogP contribution in [0.3, 0.4) is 0 Å². The van der Waals surface area contributed by atoms with Gasteiger partial charge in [0, 0.05) is 10.7 Å². The lowest BCUT2D eigenvalue weighted by atomic mass is 10.3. The van der Waals surface area contributed by atoms with Gasteiger partial charge in [0.2, 0.25) is 0 Å². The Morgan fingerprint density at radius 1 is 1.73 bits per heavy atom. The Morgan fingerprint density at radius 2 is 2.36 bits per heavy atom. The Labute approximate surface area is 77.2 Å². The molecule has 0 unspecified atom stereocenters. The molecule has 0 radical (unpaired) electrons. The monoisotopic (exact) mass is 233 g/mol. The minimum Gasteiger partial charge on any atom is -0.382 e. The van der Waals surface area contributed by atoms with Gasteiger partial charge in [0.1, 0.15) is 11.5 Å². The summed E-state index contributed by atoms with van der Waals surface area (Å²) in [6, 6.07) is 1.64. The molecule has 0 saturated carbocycles. The number of hydrogen-bond donors (Lipinski definition) is 2. The lowest BCUT2D eigenvalue weighted by Crippen LogP contribution is -2.13. The summed E-state index contributed by atoms with van der Waals surface area (Å²) in [6.07, 6.45) is 1.45. The van der Waals surface area contributed by atoms with Crippen molar-refractivity contribution in [2.45, 2.75) is 0 Å². The highest BCUT2D eigenvalue weighted by Crippen LogP contribution is 2.18. The van der Waals surface area contributed by atoms with Gasteiger partial charge in [-0.2, -0.15) is 0 Å². The highest BCUT2D eigenvalue weighted by atomic mass is 79.9. The number of rotatable bonds is 1. The summed E-state index contributed by atoms with van der Waals surface area (Å²) in [7, 11) is 0. The van der Waals surface area contributed by atoms with Gasteiger partial charge in [0.25, 0.3) is 0 Å². The molecule has 5 heteroatoms. The molecular formula is C6H5BrClN3. The Morgan fingerprint density at radius 3 is 2.82 bits per heavy atom. The Balaban J connectivity index is 3.20. The fraction of sp³-hybridized carbons (Fsp3) is 0. The van der Waals surface area contributed by atoms with E-state index >= 15 is 0 Å². The van der Waals surface area contributed by atoms with E-state index < -0.39 is 0 Å². The van der Waals surface area contributed by atoms with Gasteiger partial charge >= 0.3 is 0 Å². The average molecular weight is 234 g/mol. The molecular weight excluding hydrogens is 229 g/mol. The van der Waals surface area contributed by atoms with Crippen molar-refractivity contribution in [3.8, 4) is 0 Å². The maximum Gasteiger partial charge on any atom is 0.142 e. The van der Waals surface area contributed by atoms with Crippen molar-refractivity contribution in [2.24, 2.45) is 5.73 Å². The summed E-state index contributed by atoms with van der Waals surface area (Å²) in [6.45, 7) is 0. The van der Waals surface area contributed by atoms with E-state index in [-0.39, 0.29) is 5.84 Å². The molecule has 0 spiro atoms. The minimum absolute atomic E-state index is 0.0754. The number of amidine groups is 1. The summed E-state index contributed by atoms with van der Waals surface area (Å²) in [5.41, 5.74) is 5.62. The normalized spacial score (nSPS) is 9.64. The Bertz CT molecular complexity index is 300. The largest absolute Gasteiger partial charge is 0.382 e. The lowest BCUT2D eigenvalue weighted by Gasteiger charge is -1.99. The fourth-order valence-corrected chi connectivity index (χ4v) is 1.47. The van der Waals surface area contributed by atoms with Crippen LogP contribution in [0.15, 0.2) is 16.7 Å². The minimum atomic E-state index is -0.0754. The number of nitrogens with one attached hydrogen (secondary N) is 1. The lowest BCUT2D eigenvalue weighted by molar-refractivity contribution is 1.24. The third kappa shape index (κ3) is 1.91. The van der Waals surface area contributed by atoms with Crippen molar-refractivity contribution in [2.75, 3.05) is 0 Å². The quantitative estimate of drug-likeness (QED) is 0.575. The number of halogens is 2. The number of nitrogens with two attached hydrogens (primary N) is 1. The Kier molecular flexibility index (Phi) is 2.46. The maximum absolute atomic E-state index is 7.09. The highest BCUT2D eigenvalue weighted by molar-refractivity contribution is 9.10. The third-order valence-electron chi connectivity index (χ3n) is 1.06. The van der Waals surface area contributed by atoms with E-state index in [1.165, 1.54) is 6.20 Å². The molecule has 3 N–H and O–H groups in total. The first-order valence-corrected chi connectivity index (χ1v) is 3.94. The van der Waals surface area contributed by atoms with Crippen molar-refractivity contribution < 1.29 is 0 Å². The van der Waals surface area contributed by atoms with Crippen LogP contribution in [0.5, 0.6) is 0 Å². The van der Waals surface area contributed by atoms with Gasteiger partial charge in [-0.05, 0) is 22.0 Å². The molecule has 0 aliphatic rings. The molecule has 0 atom stereocenters. The number of nitrogen functional groups attached to an aromatic ring is 1. The summed E-state index contributed by atoms with van der Waals surface area (Å²) < 4.78 is 0.637. The molecule has 11 heavy (non-hydrogen) atoms. The van der Waals surface area contributed by atoms with E-state index in [0.717, 1.165) is 0 Å². The summed E-state index contributed by atoms with van der Waals surface area (Å²) in [4.78, 5) is 3.85. The van der Waals surface area contributed by atoms with Crippen LogP contribution in [0, 0.1) is 5.41 Å². The molecule has 0 aliphatic carbocycles. The van der Waals surface area contributed by atoms with Crippen LogP contribution in [0.1, 0.15) is 5.69 Å². The first kappa shape index (κ1) is 8.49.